The Labute approximate surface area is 135 Å². The molecule has 124 valence electrons. The van der Waals surface area contributed by atoms with Crippen molar-refractivity contribution in [2.24, 2.45) is 0 Å². The van der Waals surface area contributed by atoms with Crippen LogP contribution in [0, 0.1) is 12.7 Å². The molecular formula is C17H22FN3O2. The van der Waals surface area contributed by atoms with Crippen molar-refractivity contribution in [3.8, 4) is 11.4 Å². The second kappa shape index (κ2) is 6.76. The Kier molecular flexibility index (Phi) is 4.73. The molecule has 2 unspecified atom stereocenters. The molecule has 1 aliphatic heterocycles. The summed E-state index contributed by atoms with van der Waals surface area (Å²) in [7, 11) is 0. The molecule has 0 spiro atoms. The number of aliphatic hydroxyl groups excluding tert-OH is 1. The van der Waals surface area contributed by atoms with Gasteiger partial charge in [-0.2, -0.15) is 4.98 Å². The van der Waals surface area contributed by atoms with Crippen molar-refractivity contribution >= 4 is 0 Å². The van der Waals surface area contributed by atoms with Crippen molar-refractivity contribution in [1.29, 1.82) is 0 Å². The van der Waals surface area contributed by atoms with Gasteiger partial charge >= 0.3 is 0 Å². The van der Waals surface area contributed by atoms with Crippen LogP contribution in [0.25, 0.3) is 11.4 Å². The molecule has 0 bridgehead atoms. The van der Waals surface area contributed by atoms with Gasteiger partial charge in [-0.05, 0) is 51.3 Å². The smallest absolute Gasteiger partial charge is 0.241 e. The van der Waals surface area contributed by atoms with E-state index in [2.05, 4.69) is 15.0 Å². The first-order chi connectivity index (χ1) is 11.0. The van der Waals surface area contributed by atoms with E-state index in [-0.39, 0.29) is 11.9 Å². The zero-order valence-electron chi connectivity index (χ0n) is 13.5. The van der Waals surface area contributed by atoms with E-state index >= 15 is 0 Å². The fourth-order valence-electron chi connectivity index (χ4n) is 3.11. The van der Waals surface area contributed by atoms with Gasteiger partial charge in [0.2, 0.25) is 11.7 Å². The van der Waals surface area contributed by atoms with Crippen LogP contribution in [0.3, 0.4) is 0 Å². The first-order valence-corrected chi connectivity index (χ1v) is 8.04. The quantitative estimate of drug-likeness (QED) is 0.918. The first kappa shape index (κ1) is 16.1. The molecule has 2 aromatic rings. The average Bonchev–Trinajstić information content (AvgIpc) is 3.12. The molecule has 6 heteroatoms. The summed E-state index contributed by atoms with van der Waals surface area (Å²) in [5.41, 5.74) is 1.21. The van der Waals surface area contributed by atoms with Gasteiger partial charge in [0.15, 0.2) is 0 Å². The Balaban J connectivity index is 1.70. The molecular weight excluding hydrogens is 297 g/mol. The molecule has 1 N–H and O–H groups in total. The highest BCUT2D eigenvalue weighted by molar-refractivity contribution is 5.54. The third-order valence-corrected chi connectivity index (χ3v) is 4.35. The molecule has 0 aliphatic carbocycles. The van der Waals surface area contributed by atoms with Gasteiger partial charge in [-0.25, -0.2) is 4.39 Å². The van der Waals surface area contributed by atoms with Crippen LogP contribution in [0.4, 0.5) is 4.39 Å². The number of aromatic nitrogens is 2. The molecule has 23 heavy (non-hydrogen) atoms. The minimum Gasteiger partial charge on any atom is -0.393 e. The molecule has 0 radical (unpaired) electrons. The lowest BCUT2D eigenvalue weighted by molar-refractivity contribution is 0.124. The normalized spacial score (nSPS) is 20.1. The minimum absolute atomic E-state index is 0.273. The van der Waals surface area contributed by atoms with Crippen molar-refractivity contribution in [2.75, 3.05) is 6.54 Å². The standard InChI is InChI=1S/C17H22FN3O2/c1-11-5-6-13(9-15(11)18)17-19-16(23-20-17)10-21-7-3-4-14(21)8-12(2)22/h5-6,9,12,14,22H,3-4,7-8,10H2,1-2H3. The van der Waals surface area contributed by atoms with Gasteiger partial charge in [-0.15, -0.1) is 0 Å². The molecule has 1 saturated heterocycles. The molecule has 0 amide bonds. The average molecular weight is 319 g/mol. The van der Waals surface area contributed by atoms with E-state index in [1.807, 2.05) is 6.92 Å². The summed E-state index contributed by atoms with van der Waals surface area (Å²) < 4.78 is 19.0. The molecule has 3 rings (SSSR count). The largest absolute Gasteiger partial charge is 0.393 e. The SMILES string of the molecule is Cc1ccc(-c2noc(CN3CCCC3CC(C)O)n2)cc1F. The summed E-state index contributed by atoms with van der Waals surface area (Å²) in [4.78, 5) is 6.64. The number of hydrogen-bond donors (Lipinski definition) is 1. The number of rotatable bonds is 5. The van der Waals surface area contributed by atoms with Gasteiger partial charge in [0.05, 0.1) is 12.6 Å². The Morgan fingerprint density at radius 3 is 3.04 bits per heavy atom. The molecule has 1 fully saturated rings. The van der Waals surface area contributed by atoms with Crippen LogP contribution in [-0.4, -0.2) is 38.8 Å². The van der Waals surface area contributed by atoms with Crippen molar-refractivity contribution in [1.82, 2.24) is 15.0 Å². The van der Waals surface area contributed by atoms with Crippen LogP contribution in [0.2, 0.25) is 0 Å². The Morgan fingerprint density at radius 2 is 2.30 bits per heavy atom. The van der Waals surface area contributed by atoms with E-state index < -0.39 is 0 Å². The van der Waals surface area contributed by atoms with Crippen molar-refractivity contribution in [2.45, 2.75) is 51.8 Å². The molecule has 0 saturated carbocycles. The van der Waals surface area contributed by atoms with E-state index in [1.165, 1.54) is 6.07 Å². The van der Waals surface area contributed by atoms with Crippen LogP contribution >= 0.6 is 0 Å². The summed E-state index contributed by atoms with van der Waals surface area (Å²) in [5, 5.41) is 13.5. The van der Waals surface area contributed by atoms with Crippen LogP contribution in [0.1, 0.15) is 37.6 Å². The highest BCUT2D eigenvalue weighted by atomic mass is 19.1. The van der Waals surface area contributed by atoms with E-state index in [0.717, 1.165) is 25.8 Å². The predicted molar refractivity (Wildman–Crippen MR) is 84.2 cm³/mol. The summed E-state index contributed by atoms with van der Waals surface area (Å²) in [6.45, 7) is 5.07. The second-order valence-electron chi connectivity index (χ2n) is 6.33. The molecule has 2 heterocycles. The fraction of sp³-hybridized carbons (Fsp3) is 0.529. The second-order valence-corrected chi connectivity index (χ2v) is 6.33. The van der Waals surface area contributed by atoms with E-state index in [0.29, 0.717) is 35.4 Å². The van der Waals surface area contributed by atoms with Crippen LogP contribution in [-0.2, 0) is 6.54 Å². The number of halogens is 1. The third-order valence-electron chi connectivity index (χ3n) is 4.35. The molecule has 1 aromatic heterocycles. The highest BCUT2D eigenvalue weighted by Gasteiger charge is 2.27. The number of likely N-dealkylation sites (tertiary alicyclic amines) is 1. The third kappa shape index (κ3) is 3.76. The van der Waals surface area contributed by atoms with E-state index in [1.54, 1.807) is 19.1 Å². The summed E-state index contributed by atoms with van der Waals surface area (Å²) in [5.74, 6) is 0.661. The van der Waals surface area contributed by atoms with Gasteiger partial charge in [-0.1, -0.05) is 17.3 Å². The van der Waals surface area contributed by atoms with E-state index in [9.17, 15) is 9.50 Å². The maximum Gasteiger partial charge on any atom is 0.241 e. The zero-order chi connectivity index (χ0) is 16.4. The molecule has 1 aromatic carbocycles. The lowest BCUT2D eigenvalue weighted by atomic mass is 10.1. The van der Waals surface area contributed by atoms with Crippen LogP contribution in [0.15, 0.2) is 22.7 Å². The predicted octanol–water partition coefficient (Wildman–Crippen LogP) is 2.92. The number of aryl methyl sites for hydroxylation is 1. The van der Waals surface area contributed by atoms with Gasteiger partial charge in [-0.3, -0.25) is 4.90 Å². The van der Waals surface area contributed by atoms with Gasteiger partial charge in [0.1, 0.15) is 5.82 Å². The number of aliphatic hydroxyl groups is 1. The number of hydrogen-bond acceptors (Lipinski definition) is 5. The maximum atomic E-state index is 13.7. The van der Waals surface area contributed by atoms with Crippen molar-refractivity contribution in [3.05, 3.63) is 35.5 Å². The van der Waals surface area contributed by atoms with Crippen LogP contribution < -0.4 is 0 Å². The molecule has 1 aliphatic rings. The van der Waals surface area contributed by atoms with Gasteiger partial charge in [0.25, 0.3) is 0 Å². The van der Waals surface area contributed by atoms with Gasteiger partial charge in [0, 0.05) is 11.6 Å². The van der Waals surface area contributed by atoms with E-state index in [4.69, 9.17) is 4.52 Å². The lowest BCUT2D eigenvalue weighted by Crippen LogP contribution is -2.31. The molecule has 5 nitrogen and oxygen atoms in total. The van der Waals surface area contributed by atoms with Crippen LogP contribution in [0.5, 0.6) is 0 Å². The summed E-state index contributed by atoms with van der Waals surface area (Å²) in [6.07, 6.45) is 2.63. The Morgan fingerprint density at radius 1 is 1.48 bits per heavy atom. The Bertz CT molecular complexity index is 672. The fourth-order valence-corrected chi connectivity index (χ4v) is 3.11. The zero-order valence-corrected chi connectivity index (χ0v) is 13.5. The minimum atomic E-state index is -0.311. The number of benzene rings is 1. The maximum absolute atomic E-state index is 13.7. The molecule has 2 atom stereocenters. The topological polar surface area (TPSA) is 62.4 Å². The monoisotopic (exact) mass is 319 g/mol. The lowest BCUT2D eigenvalue weighted by Gasteiger charge is -2.23. The van der Waals surface area contributed by atoms with Crippen molar-refractivity contribution < 1.29 is 14.0 Å². The van der Waals surface area contributed by atoms with Crippen molar-refractivity contribution in [3.63, 3.8) is 0 Å². The summed E-state index contributed by atoms with van der Waals surface area (Å²) >= 11 is 0. The first-order valence-electron chi connectivity index (χ1n) is 8.04. The summed E-state index contributed by atoms with van der Waals surface area (Å²) in [6, 6.07) is 5.27. The Hall–Kier alpha value is -1.79. The van der Waals surface area contributed by atoms with Gasteiger partial charge < -0.3 is 9.63 Å². The highest BCUT2D eigenvalue weighted by Crippen LogP contribution is 2.24. The number of nitrogens with zero attached hydrogens (tertiary/aromatic N) is 3.